The first-order chi connectivity index (χ1) is 8.21. The van der Waals surface area contributed by atoms with Crippen molar-refractivity contribution in [3.63, 3.8) is 0 Å². The zero-order valence-corrected chi connectivity index (χ0v) is 10.8. The van der Waals surface area contributed by atoms with Crippen LogP contribution in [0, 0.1) is 5.92 Å². The molecule has 1 heterocycles. The summed E-state index contributed by atoms with van der Waals surface area (Å²) in [5.74, 6) is -1.56. The van der Waals surface area contributed by atoms with Gasteiger partial charge in [0.1, 0.15) is 0 Å². The molecule has 0 radical (unpaired) electrons. The van der Waals surface area contributed by atoms with Crippen molar-refractivity contribution in [1.29, 1.82) is 0 Å². The second-order valence-corrected chi connectivity index (χ2v) is 4.99. The highest BCUT2D eigenvalue weighted by Crippen LogP contribution is 2.34. The van der Waals surface area contributed by atoms with Gasteiger partial charge in [-0.15, -0.1) is 0 Å². The predicted molar refractivity (Wildman–Crippen MR) is 62.5 cm³/mol. The lowest BCUT2D eigenvalue weighted by Crippen LogP contribution is -2.28. The molecule has 7 heteroatoms. The average Bonchev–Trinajstić information content (AvgIpc) is 2.64. The van der Waals surface area contributed by atoms with E-state index in [9.17, 15) is 18.0 Å². The second kappa shape index (κ2) is 5.71. The summed E-state index contributed by atoms with van der Waals surface area (Å²) in [6, 6.07) is 0. The van der Waals surface area contributed by atoms with E-state index < -0.39 is 23.6 Å². The quantitative estimate of drug-likeness (QED) is 0.902. The SMILES string of the molecule is CC(CN(C)Cc1cscc1C(F)(F)F)C(=O)O. The molecule has 1 N–H and O–H groups in total. The van der Waals surface area contributed by atoms with Gasteiger partial charge < -0.3 is 10.0 Å². The molecule has 1 aromatic rings. The van der Waals surface area contributed by atoms with Gasteiger partial charge in [-0.2, -0.15) is 24.5 Å². The van der Waals surface area contributed by atoms with Crippen LogP contribution in [0.5, 0.6) is 0 Å². The van der Waals surface area contributed by atoms with Gasteiger partial charge in [-0.05, 0) is 18.0 Å². The van der Waals surface area contributed by atoms with Crippen LogP contribution in [0.15, 0.2) is 10.8 Å². The fourth-order valence-corrected chi connectivity index (χ4v) is 2.45. The fourth-order valence-electron chi connectivity index (χ4n) is 1.60. The first-order valence-corrected chi connectivity index (χ1v) is 6.19. The van der Waals surface area contributed by atoms with Crippen molar-refractivity contribution >= 4 is 17.3 Å². The van der Waals surface area contributed by atoms with E-state index in [4.69, 9.17) is 5.11 Å². The van der Waals surface area contributed by atoms with E-state index in [0.29, 0.717) is 0 Å². The van der Waals surface area contributed by atoms with Gasteiger partial charge in [0.2, 0.25) is 0 Å². The van der Waals surface area contributed by atoms with Gasteiger partial charge >= 0.3 is 12.1 Å². The number of carbonyl (C=O) groups is 1. The van der Waals surface area contributed by atoms with E-state index in [0.717, 1.165) is 16.7 Å². The monoisotopic (exact) mass is 281 g/mol. The van der Waals surface area contributed by atoms with E-state index >= 15 is 0 Å². The number of carboxylic acid groups (broad SMARTS) is 1. The Morgan fingerprint density at radius 1 is 1.50 bits per heavy atom. The molecule has 0 saturated heterocycles. The minimum absolute atomic E-state index is 0.0932. The number of alkyl halides is 3. The van der Waals surface area contributed by atoms with Crippen LogP contribution in [-0.4, -0.2) is 29.6 Å². The molecule has 1 atom stereocenters. The molecule has 1 rings (SSSR count). The largest absolute Gasteiger partial charge is 0.481 e. The molecule has 0 aliphatic rings. The highest BCUT2D eigenvalue weighted by molar-refractivity contribution is 7.08. The lowest BCUT2D eigenvalue weighted by Gasteiger charge is -2.19. The normalized spacial score (nSPS) is 13.9. The van der Waals surface area contributed by atoms with Crippen LogP contribution in [0.2, 0.25) is 0 Å². The minimum Gasteiger partial charge on any atom is -0.481 e. The molecule has 0 aliphatic carbocycles. The van der Waals surface area contributed by atoms with Gasteiger partial charge in [0.05, 0.1) is 11.5 Å². The summed E-state index contributed by atoms with van der Waals surface area (Å²) in [6.07, 6.45) is -4.35. The van der Waals surface area contributed by atoms with Crippen LogP contribution in [0.3, 0.4) is 0 Å². The summed E-state index contributed by atoms with van der Waals surface area (Å²) in [6.45, 7) is 1.83. The Morgan fingerprint density at radius 3 is 2.61 bits per heavy atom. The lowest BCUT2D eigenvalue weighted by atomic mass is 10.1. The molecule has 0 spiro atoms. The van der Waals surface area contributed by atoms with Crippen LogP contribution in [0.4, 0.5) is 13.2 Å². The van der Waals surface area contributed by atoms with Crippen molar-refractivity contribution in [1.82, 2.24) is 4.90 Å². The summed E-state index contributed by atoms with van der Waals surface area (Å²) in [5.41, 5.74) is -0.449. The number of thiophene rings is 1. The molecule has 0 fully saturated rings. The number of aliphatic carboxylic acids is 1. The molecule has 0 aliphatic heterocycles. The minimum atomic E-state index is -4.35. The molecule has 1 unspecified atom stereocenters. The van der Waals surface area contributed by atoms with Crippen molar-refractivity contribution in [3.05, 3.63) is 21.9 Å². The van der Waals surface area contributed by atoms with E-state index in [1.54, 1.807) is 11.9 Å². The molecule has 0 aromatic carbocycles. The van der Waals surface area contributed by atoms with Crippen LogP contribution in [0.25, 0.3) is 0 Å². The van der Waals surface area contributed by atoms with E-state index in [2.05, 4.69) is 0 Å². The standard InChI is InChI=1S/C11H14F3NO2S/c1-7(10(16)17)3-15(2)4-8-5-18-6-9(8)11(12,13)14/h5-7H,3-4H2,1-2H3,(H,16,17). The summed E-state index contributed by atoms with van der Waals surface area (Å²) in [4.78, 5) is 12.2. The number of nitrogens with zero attached hydrogens (tertiary/aromatic N) is 1. The van der Waals surface area contributed by atoms with Crippen molar-refractivity contribution in [2.45, 2.75) is 19.6 Å². The maximum atomic E-state index is 12.6. The van der Waals surface area contributed by atoms with Gasteiger partial charge in [0, 0.05) is 18.5 Å². The Morgan fingerprint density at radius 2 is 2.11 bits per heavy atom. The van der Waals surface area contributed by atoms with Gasteiger partial charge in [-0.25, -0.2) is 0 Å². The van der Waals surface area contributed by atoms with Crippen LogP contribution in [0.1, 0.15) is 18.1 Å². The molecule has 102 valence electrons. The maximum absolute atomic E-state index is 12.6. The lowest BCUT2D eigenvalue weighted by molar-refractivity contribution is -0.142. The van der Waals surface area contributed by atoms with E-state index in [-0.39, 0.29) is 18.7 Å². The summed E-state index contributed by atoms with van der Waals surface area (Å²) in [7, 11) is 1.61. The zero-order chi connectivity index (χ0) is 13.9. The smallest absolute Gasteiger partial charge is 0.417 e. The first kappa shape index (κ1) is 15.0. The van der Waals surface area contributed by atoms with Crippen molar-refractivity contribution in [3.8, 4) is 0 Å². The van der Waals surface area contributed by atoms with Crippen molar-refractivity contribution in [2.75, 3.05) is 13.6 Å². The third-order valence-corrected chi connectivity index (χ3v) is 3.29. The van der Waals surface area contributed by atoms with Crippen LogP contribution in [-0.2, 0) is 17.5 Å². The van der Waals surface area contributed by atoms with E-state index in [1.165, 1.54) is 12.3 Å². The Balaban J connectivity index is 2.68. The summed E-state index contributed by atoms with van der Waals surface area (Å²) >= 11 is 0.997. The summed E-state index contributed by atoms with van der Waals surface area (Å²) in [5, 5.41) is 11.3. The van der Waals surface area contributed by atoms with Crippen LogP contribution < -0.4 is 0 Å². The number of hydrogen-bond donors (Lipinski definition) is 1. The number of halogens is 3. The molecule has 18 heavy (non-hydrogen) atoms. The van der Waals surface area contributed by atoms with Gasteiger partial charge in [0.25, 0.3) is 0 Å². The topological polar surface area (TPSA) is 40.5 Å². The Bertz CT molecular complexity index is 417. The average molecular weight is 281 g/mol. The number of carboxylic acids is 1. The highest BCUT2D eigenvalue weighted by Gasteiger charge is 2.34. The summed E-state index contributed by atoms with van der Waals surface area (Å²) < 4.78 is 37.9. The fraction of sp³-hybridized carbons (Fsp3) is 0.545. The molecule has 0 amide bonds. The van der Waals surface area contributed by atoms with Crippen LogP contribution >= 0.6 is 11.3 Å². The van der Waals surface area contributed by atoms with Gasteiger partial charge in [0.15, 0.2) is 0 Å². The highest BCUT2D eigenvalue weighted by atomic mass is 32.1. The third-order valence-electron chi connectivity index (χ3n) is 2.49. The van der Waals surface area contributed by atoms with Crippen molar-refractivity contribution in [2.24, 2.45) is 5.92 Å². The first-order valence-electron chi connectivity index (χ1n) is 5.25. The number of hydrogen-bond acceptors (Lipinski definition) is 3. The van der Waals surface area contributed by atoms with Gasteiger partial charge in [-0.3, -0.25) is 4.79 Å². The zero-order valence-electron chi connectivity index (χ0n) is 9.99. The predicted octanol–water partition coefficient (Wildman–Crippen LogP) is 2.92. The molecular formula is C11H14F3NO2S. The van der Waals surface area contributed by atoms with Gasteiger partial charge in [-0.1, -0.05) is 6.92 Å². The maximum Gasteiger partial charge on any atom is 0.417 e. The molecule has 0 saturated carbocycles. The van der Waals surface area contributed by atoms with Crippen molar-refractivity contribution < 1.29 is 23.1 Å². The molecular weight excluding hydrogens is 267 g/mol. The Labute approximate surface area is 107 Å². The molecule has 0 bridgehead atoms. The Hall–Kier alpha value is -1.08. The molecule has 1 aromatic heterocycles. The third kappa shape index (κ3) is 3.99. The number of rotatable bonds is 5. The Kier molecular flexibility index (Phi) is 4.75. The second-order valence-electron chi connectivity index (χ2n) is 4.24. The molecule has 3 nitrogen and oxygen atoms in total. The van der Waals surface area contributed by atoms with E-state index in [1.807, 2.05) is 0 Å².